The number of thiophene rings is 1. The second kappa shape index (κ2) is 4.00. The van der Waals surface area contributed by atoms with Crippen molar-refractivity contribution in [3.8, 4) is 0 Å². The zero-order valence-electron chi connectivity index (χ0n) is 8.92. The molecule has 3 nitrogen and oxygen atoms in total. The minimum Gasteiger partial charge on any atom is -0.478 e. The lowest BCUT2D eigenvalue weighted by molar-refractivity contribution is 0.0697. The molecule has 0 spiro atoms. The predicted molar refractivity (Wildman–Crippen MR) is 59.7 cm³/mol. The Labute approximate surface area is 88.0 Å². The summed E-state index contributed by atoms with van der Waals surface area (Å²) in [6.45, 7) is 3.93. The Kier molecular flexibility index (Phi) is 3.16. The highest BCUT2D eigenvalue weighted by Gasteiger charge is 2.20. The van der Waals surface area contributed by atoms with E-state index < -0.39 is 5.97 Å². The molecule has 0 aliphatic heterocycles. The van der Waals surface area contributed by atoms with Gasteiger partial charge in [0.1, 0.15) is 5.00 Å². The molecular formula is C10H15NO2S. The number of hydrogen-bond donors (Lipinski definition) is 1. The minimum absolute atomic E-state index is 0.455. The average molecular weight is 213 g/mol. The van der Waals surface area contributed by atoms with Crippen molar-refractivity contribution in [2.24, 2.45) is 0 Å². The Bertz CT molecular complexity index is 355. The Morgan fingerprint density at radius 2 is 2.07 bits per heavy atom. The van der Waals surface area contributed by atoms with Crippen LogP contribution in [0.15, 0.2) is 0 Å². The molecule has 1 aromatic heterocycles. The summed E-state index contributed by atoms with van der Waals surface area (Å²) in [5.41, 5.74) is 1.37. The van der Waals surface area contributed by atoms with Crippen molar-refractivity contribution in [1.82, 2.24) is 0 Å². The van der Waals surface area contributed by atoms with Gasteiger partial charge in [-0.05, 0) is 18.9 Å². The summed E-state index contributed by atoms with van der Waals surface area (Å²) in [6.07, 6.45) is 0.893. The van der Waals surface area contributed by atoms with Crippen LogP contribution in [0.2, 0.25) is 0 Å². The summed E-state index contributed by atoms with van der Waals surface area (Å²) < 4.78 is 0. The maximum absolute atomic E-state index is 11.1. The van der Waals surface area contributed by atoms with Crippen LogP contribution in [-0.2, 0) is 6.42 Å². The van der Waals surface area contributed by atoms with Crippen LogP contribution in [-0.4, -0.2) is 25.2 Å². The van der Waals surface area contributed by atoms with Crippen molar-refractivity contribution < 1.29 is 9.90 Å². The van der Waals surface area contributed by atoms with Gasteiger partial charge >= 0.3 is 5.97 Å². The molecule has 0 aromatic carbocycles. The molecule has 0 saturated heterocycles. The highest BCUT2D eigenvalue weighted by molar-refractivity contribution is 7.16. The normalized spacial score (nSPS) is 10.3. The SMILES string of the molecule is CCc1sc(N(C)C)c(C(=O)O)c1C. The van der Waals surface area contributed by atoms with Gasteiger partial charge in [0.15, 0.2) is 0 Å². The van der Waals surface area contributed by atoms with Crippen LogP contribution in [0, 0.1) is 6.92 Å². The van der Waals surface area contributed by atoms with Crippen molar-refractivity contribution in [2.45, 2.75) is 20.3 Å². The van der Waals surface area contributed by atoms with Crippen molar-refractivity contribution >= 4 is 22.3 Å². The van der Waals surface area contributed by atoms with Crippen LogP contribution in [0.1, 0.15) is 27.7 Å². The molecule has 0 aliphatic rings. The second-order valence-corrected chi connectivity index (χ2v) is 4.47. The van der Waals surface area contributed by atoms with Gasteiger partial charge in [0.05, 0.1) is 5.56 Å². The highest BCUT2D eigenvalue weighted by atomic mass is 32.1. The van der Waals surface area contributed by atoms with E-state index in [1.165, 1.54) is 0 Å². The van der Waals surface area contributed by atoms with Gasteiger partial charge in [0.25, 0.3) is 0 Å². The Morgan fingerprint density at radius 1 is 1.50 bits per heavy atom. The summed E-state index contributed by atoms with van der Waals surface area (Å²) in [5, 5.41) is 9.92. The van der Waals surface area contributed by atoms with E-state index in [0.29, 0.717) is 5.56 Å². The van der Waals surface area contributed by atoms with Gasteiger partial charge in [-0.2, -0.15) is 0 Å². The summed E-state index contributed by atoms with van der Waals surface area (Å²) in [5.74, 6) is -0.831. The fourth-order valence-electron chi connectivity index (χ4n) is 1.45. The summed E-state index contributed by atoms with van der Waals surface area (Å²) in [7, 11) is 3.74. The molecule has 14 heavy (non-hydrogen) atoms. The predicted octanol–water partition coefficient (Wildman–Crippen LogP) is 2.38. The third-order valence-corrected chi connectivity index (χ3v) is 3.77. The average Bonchev–Trinajstić information content (AvgIpc) is 2.42. The van der Waals surface area contributed by atoms with Crippen LogP contribution in [0.4, 0.5) is 5.00 Å². The largest absolute Gasteiger partial charge is 0.478 e. The lowest BCUT2D eigenvalue weighted by Gasteiger charge is -2.10. The van der Waals surface area contributed by atoms with Crippen LogP contribution in [0.3, 0.4) is 0 Å². The number of rotatable bonds is 3. The topological polar surface area (TPSA) is 40.5 Å². The molecule has 4 heteroatoms. The van der Waals surface area contributed by atoms with E-state index in [4.69, 9.17) is 5.11 Å². The van der Waals surface area contributed by atoms with E-state index in [1.54, 1.807) is 11.3 Å². The van der Waals surface area contributed by atoms with Crippen LogP contribution < -0.4 is 4.90 Å². The van der Waals surface area contributed by atoms with Gasteiger partial charge in [0.2, 0.25) is 0 Å². The molecule has 1 heterocycles. The first kappa shape index (κ1) is 11.0. The molecule has 0 amide bonds. The number of carboxylic acid groups (broad SMARTS) is 1. The molecule has 1 rings (SSSR count). The van der Waals surface area contributed by atoms with Crippen molar-refractivity contribution in [3.05, 3.63) is 16.0 Å². The number of nitrogens with zero attached hydrogens (tertiary/aromatic N) is 1. The first-order chi connectivity index (χ1) is 6.49. The molecule has 0 fully saturated rings. The van der Waals surface area contributed by atoms with Crippen molar-refractivity contribution in [2.75, 3.05) is 19.0 Å². The fourth-order valence-corrected chi connectivity index (χ4v) is 2.61. The van der Waals surface area contributed by atoms with E-state index in [2.05, 4.69) is 0 Å². The summed E-state index contributed by atoms with van der Waals surface area (Å²) >= 11 is 1.57. The summed E-state index contributed by atoms with van der Waals surface area (Å²) in [6, 6.07) is 0. The Hall–Kier alpha value is -1.03. The quantitative estimate of drug-likeness (QED) is 0.838. The molecule has 0 aliphatic carbocycles. The maximum Gasteiger partial charge on any atom is 0.338 e. The van der Waals surface area contributed by atoms with E-state index >= 15 is 0 Å². The van der Waals surface area contributed by atoms with E-state index in [9.17, 15) is 4.79 Å². The third-order valence-electron chi connectivity index (χ3n) is 2.17. The first-order valence-electron chi connectivity index (χ1n) is 4.51. The number of carboxylic acids is 1. The van der Waals surface area contributed by atoms with Crippen LogP contribution in [0.5, 0.6) is 0 Å². The third kappa shape index (κ3) is 1.75. The standard InChI is InChI=1S/C10H15NO2S/c1-5-7-6(2)8(10(12)13)9(14-7)11(3)4/h5H2,1-4H3,(H,12,13). The Balaban J connectivity index is 3.35. The van der Waals surface area contributed by atoms with Crippen molar-refractivity contribution in [3.63, 3.8) is 0 Å². The minimum atomic E-state index is -0.831. The monoisotopic (exact) mass is 213 g/mol. The lowest BCUT2D eigenvalue weighted by Crippen LogP contribution is -2.11. The molecule has 0 saturated carbocycles. The van der Waals surface area contributed by atoms with Gasteiger partial charge in [-0.25, -0.2) is 4.79 Å². The molecule has 0 radical (unpaired) electrons. The molecule has 1 aromatic rings. The van der Waals surface area contributed by atoms with Gasteiger partial charge in [-0.3, -0.25) is 0 Å². The number of anilines is 1. The number of hydrogen-bond acceptors (Lipinski definition) is 3. The van der Waals surface area contributed by atoms with Gasteiger partial charge < -0.3 is 10.0 Å². The molecule has 0 unspecified atom stereocenters. The van der Waals surface area contributed by atoms with Gasteiger partial charge in [-0.15, -0.1) is 11.3 Å². The Morgan fingerprint density at radius 3 is 2.36 bits per heavy atom. The maximum atomic E-state index is 11.1. The van der Waals surface area contributed by atoms with E-state index in [0.717, 1.165) is 21.9 Å². The molecular weight excluding hydrogens is 198 g/mol. The molecule has 1 N–H and O–H groups in total. The van der Waals surface area contributed by atoms with Crippen molar-refractivity contribution in [1.29, 1.82) is 0 Å². The van der Waals surface area contributed by atoms with E-state index in [-0.39, 0.29) is 0 Å². The van der Waals surface area contributed by atoms with Crippen LogP contribution in [0.25, 0.3) is 0 Å². The smallest absolute Gasteiger partial charge is 0.338 e. The lowest BCUT2D eigenvalue weighted by atomic mass is 10.1. The zero-order chi connectivity index (χ0) is 10.9. The van der Waals surface area contributed by atoms with E-state index in [1.807, 2.05) is 32.8 Å². The first-order valence-corrected chi connectivity index (χ1v) is 5.33. The number of aromatic carboxylic acids is 1. The van der Waals surface area contributed by atoms with Gasteiger partial charge in [-0.1, -0.05) is 6.92 Å². The highest BCUT2D eigenvalue weighted by Crippen LogP contribution is 2.34. The molecule has 78 valence electrons. The molecule has 0 atom stereocenters. The second-order valence-electron chi connectivity index (χ2n) is 3.38. The van der Waals surface area contributed by atoms with Crippen LogP contribution >= 0.6 is 11.3 Å². The van der Waals surface area contributed by atoms with Gasteiger partial charge in [0, 0.05) is 19.0 Å². The number of aryl methyl sites for hydroxylation is 1. The summed E-state index contributed by atoms with van der Waals surface area (Å²) in [4.78, 5) is 14.1. The zero-order valence-corrected chi connectivity index (χ0v) is 9.73. The number of carbonyl (C=O) groups is 1. The fraction of sp³-hybridized carbons (Fsp3) is 0.500. The molecule has 0 bridgehead atoms.